The number of halogens is 3. The fourth-order valence-electron chi connectivity index (χ4n) is 1.94. The maximum absolute atomic E-state index is 13.7. The van der Waals surface area contributed by atoms with E-state index in [9.17, 15) is 9.18 Å². The Morgan fingerprint density at radius 2 is 2.32 bits per heavy atom. The van der Waals surface area contributed by atoms with Crippen molar-refractivity contribution < 1.29 is 13.9 Å². The van der Waals surface area contributed by atoms with Crippen LogP contribution in [0.25, 0.3) is 11.0 Å². The van der Waals surface area contributed by atoms with Gasteiger partial charge in [-0.25, -0.2) is 14.2 Å². The molecule has 0 aliphatic heterocycles. The number of carbonyl (C=O) groups is 1. The van der Waals surface area contributed by atoms with Crippen LogP contribution >= 0.6 is 27.5 Å². The second-order valence-electron chi connectivity index (χ2n) is 3.99. The van der Waals surface area contributed by atoms with Gasteiger partial charge >= 0.3 is 5.97 Å². The molecule has 2 aromatic rings. The highest BCUT2D eigenvalue weighted by atomic mass is 79.9. The van der Waals surface area contributed by atoms with Gasteiger partial charge in [-0.3, -0.25) is 0 Å². The largest absolute Gasteiger partial charge is 0.467 e. The highest BCUT2D eigenvalue weighted by Crippen LogP contribution is 2.27. The average Bonchev–Trinajstić information content (AvgIpc) is 2.75. The minimum Gasteiger partial charge on any atom is -0.467 e. The minimum atomic E-state index is -0.621. The third-order valence-corrected chi connectivity index (χ3v) is 3.70. The zero-order valence-electron chi connectivity index (χ0n) is 10.3. The van der Waals surface area contributed by atoms with Crippen LogP contribution in [0.5, 0.6) is 0 Å². The van der Waals surface area contributed by atoms with Crippen LogP contribution < -0.4 is 0 Å². The molecule has 1 unspecified atom stereocenters. The molecule has 0 aliphatic rings. The Morgan fingerprint density at radius 3 is 2.89 bits per heavy atom. The first-order chi connectivity index (χ1) is 8.99. The maximum Gasteiger partial charge on any atom is 0.328 e. The van der Waals surface area contributed by atoms with Crippen LogP contribution in [-0.4, -0.2) is 22.6 Å². The monoisotopic (exact) mass is 348 g/mol. The van der Waals surface area contributed by atoms with Crippen LogP contribution in [0.1, 0.15) is 18.8 Å². The molecule has 0 fully saturated rings. The van der Waals surface area contributed by atoms with Crippen molar-refractivity contribution in [1.29, 1.82) is 0 Å². The normalized spacial score (nSPS) is 12.7. The smallest absolute Gasteiger partial charge is 0.328 e. The third kappa shape index (κ3) is 2.47. The highest BCUT2D eigenvalue weighted by Gasteiger charge is 2.22. The van der Waals surface area contributed by atoms with Crippen molar-refractivity contribution in [2.75, 3.05) is 7.11 Å². The number of methoxy groups -OCH3 is 1. The number of hydrogen-bond acceptors (Lipinski definition) is 3. The summed E-state index contributed by atoms with van der Waals surface area (Å²) in [6, 6.07) is 2.26. The van der Waals surface area contributed by atoms with E-state index < -0.39 is 17.8 Å². The molecule has 19 heavy (non-hydrogen) atoms. The molecule has 0 radical (unpaired) electrons. The van der Waals surface area contributed by atoms with Gasteiger partial charge in [0.05, 0.1) is 28.5 Å². The van der Waals surface area contributed by atoms with Crippen LogP contribution in [0.2, 0.25) is 0 Å². The quantitative estimate of drug-likeness (QED) is 0.630. The summed E-state index contributed by atoms with van der Waals surface area (Å²) in [7, 11) is 1.30. The molecule has 1 aromatic carbocycles. The molecule has 0 saturated carbocycles. The Morgan fingerprint density at radius 1 is 1.63 bits per heavy atom. The van der Waals surface area contributed by atoms with Gasteiger partial charge in [0.1, 0.15) is 17.7 Å². The molecule has 2 rings (SSSR count). The van der Waals surface area contributed by atoms with Gasteiger partial charge in [-0.2, -0.15) is 0 Å². The molecule has 1 atom stereocenters. The van der Waals surface area contributed by atoms with E-state index in [-0.39, 0.29) is 5.88 Å². The van der Waals surface area contributed by atoms with E-state index in [2.05, 4.69) is 20.9 Å². The molecular formula is C12H11BrClFN2O2. The number of fused-ring (bicyclic) bond motifs is 1. The van der Waals surface area contributed by atoms with Crippen molar-refractivity contribution in [1.82, 2.24) is 9.55 Å². The summed E-state index contributed by atoms with van der Waals surface area (Å²) in [5, 5.41) is 0. The first-order valence-corrected chi connectivity index (χ1v) is 6.82. The van der Waals surface area contributed by atoms with Crippen LogP contribution in [-0.2, 0) is 15.4 Å². The molecule has 0 saturated heterocycles. The number of aromatic nitrogens is 2. The topological polar surface area (TPSA) is 44.1 Å². The summed E-state index contributed by atoms with van der Waals surface area (Å²) >= 11 is 8.94. The number of nitrogens with zero attached hydrogens (tertiary/aromatic N) is 2. The number of ether oxygens (including phenoxy) is 1. The van der Waals surface area contributed by atoms with E-state index in [1.165, 1.54) is 13.2 Å². The molecule has 102 valence electrons. The number of esters is 1. The van der Waals surface area contributed by atoms with E-state index in [4.69, 9.17) is 16.3 Å². The zero-order valence-corrected chi connectivity index (χ0v) is 12.6. The lowest BCUT2D eigenvalue weighted by Crippen LogP contribution is -2.19. The van der Waals surface area contributed by atoms with Gasteiger partial charge < -0.3 is 9.30 Å². The molecular weight excluding hydrogens is 338 g/mol. The number of hydrogen-bond donors (Lipinski definition) is 0. The van der Waals surface area contributed by atoms with Crippen molar-refractivity contribution in [2.45, 2.75) is 18.8 Å². The molecule has 0 aliphatic carbocycles. The summed E-state index contributed by atoms with van der Waals surface area (Å²) < 4.78 is 20.3. The fourth-order valence-corrected chi connectivity index (χ4v) is 2.46. The van der Waals surface area contributed by atoms with Crippen molar-refractivity contribution in [3.05, 3.63) is 28.2 Å². The maximum atomic E-state index is 13.7. The number of imidazole rings is 1. The number of rotatable bonds is 3. The third-order valence-electron chi connectivity index (χ3n) is 2.85. The van der Waals surface area contributed by atoms with Gasteiger partial charge in [0, 0.05) is 6.07 Å². The number of alkyl halides is 1. The second-order valence-corrected chi connectivity index (χ2v) is 5.11. The molecule has 4 nitrogen and oxygen atoms in total. The molecule has 0 spiro atoms. The van der Waals surface area contributed by atoms with Crippen molar-refractivity contribution >= 4 is 44.5 Å². The lowest BCUT2D eigenvalue weighted by atomic mass is 10.2. The second kappa shape index (κ2) is 5.46. The van der Waals surface area contributed by atoms with E-state index in [0.717, 1.165) is 0 Å². The van der Waals surface area contributed by atoms with Crippen molar-refractivity contribution in [2.24, 2.45) is 0 Å². The van der Waals surface area contributed by atoms with Crippen LogP contribution in [0.15, 0.2) is 16.6 Å². The first kappa shape index (κ1) is 14.3. The SMILES string of the molecule is COC(=O)C(C)n1c(CCl)nc2cc(Br)c(F)cc21. The van der Waals surface area contributed by atoms with Crippen molar-refractivity contribution in [3.8, 4) is 0 Å². The fraction of sp³-hybridized carbons (Fsp3) is 0.333. The summed E-state index contributed by atoms with van der Waals surface area (Å²) in [4.78, 5) is 16.0. The summed E-state index contributed by atoms with van der Waals surface area (Å²) in [6.07, 6.45) is 0. The Labute approximate surface area is 122 Å². The Hall–Kier alpha value is -1.14. The number of benzene rings is 1. The van der Waals surface area contributed by atoms with E-state index in [0.29, 0.717) is 21.3 Å². The predicted octanol–water partition coefficient (Wildman–Crippen LogP) is 3.41. The summed E-state index contributed by atoms with van der Waals surface area (Å²) in [5.41, 5.74) is 1.08. The molecule has 0 bridgehead atoms. The van der Waals surface area contributed by atoms with Gasteiger partial charge in [-0.05, 0) is 28.9 Å². The lowest BCUT2D eigenvalue weighted by molar-refractivity contribution is -0.143. The average molecular weight is 350 g/mol. The van der Waals surface area contributed by atoms with Gasteiger partial charge in [-0.15, -0.1) is 11.6 Å². The van der Waals surface area contributed by atoms with Crippen LogP contribution in [0, 0.1) is 5.82 Å². The molecule has 1 heterocycles. The van der Waals surface area contributed by atoms with Gasteiger partial charge in [0.15, 0.2) is 0 Å². The van der Waals surface area contributed by atoms with Gasteiger partial charge in [-0.1, -0.05) is 0 Å². The lowest BCUT2D eigenvalue weighted by Gasteiger charge is -2.14. The Balaban J connectivity index is 2.70. The zero-order chi connectivity index (χ0) is 14.2. The van der Waals surface area contributed by atoms with Crippen LogP contribution in [0.3, 0.4) is 0 Å². The highest BCUT2D eigenvalue weighted by molar-refractivity contribution is 9.10. The standard InChI is InChI=1S/C12H11BrClFN2O2/c1-6(12(18)19-2)17-10-4-8(15)7(13)3-9(10)16-11(17)5-14/h3-4,6H,5H2,1-2H3. The predicted molar refractivity (Wildman–Crippen MR) is 73.7 cm³/mol. The van der Waals surface area contributed by atoms with E-state index >= 15 is 0 Å². The van der Waals surface area contributed by atoms with Gasteiger partial charge in [0.2, 0.25) is 0 Å². The molecule has 0 N–H and O–H groups in total. The summed E-state index contributed by atoms with van der Waals surface area (Å²) in [6.45, 7) is 1.66. The first-order valence-electron chi connectivity index (χ1n) is 5.49. The molecule has 0 amide bonds. The Bertz CT molecular complexity index is 644. The number of carbonyl (C=O) groups excluding carboxylic acids is 1. The molecule has 7 heteroatoms. The Kier molecular flexibility index (Phi) is 4.10. The van der Waals surface area contributed by atoms with E-state index in [1.807, 2.05) is 0 Å². The minimum absolute atomic E-state index is 0.120. The van der Waals surface area contributed by atoms with Crippen LogP contribution in [0.4, 0.5) is 4.39 Å². The summed E-state index contributed by atoms with van der Waals surface area (Å²) in [5.74, 6) is -0.247. The van der Waals surface area contributed by atoms with E-state index in [1.54, 1.807) is 17.6 Å². The molecule has 1 aromatic heterocycles. The van der Waals surface area contributed by atoms with Crippen molar-refractivity contribution in [3.63, 3.8) is 0 Å². The van der Waals surface area contributed by atoms with Gasteiger partial charge in [0.25, 0.3) is 0 Å².